The van der Waals surface area contributed by atoms with E-state index in [0.29, 0.717) is 11.5 Å². The van der Waals surface area contributed by atoms with Gasteiger partial charge in [0.1, 0.15) is 0 Å². The molecular weight excluding hydrogens is 288 g/mol. The van der Waals surface area contributed by atoms with Crippen molar-refractivity contribution in [2.24, 2.45) is 0 Å². The number of halogens is 3. The average Bonchev–Trinajstić information content (AvgIpc) is 3.02. The molecule has 1 aliphatic heterocycles. The van der Waals surface area contributed by atoms with Crippen LogP contribution in [0, 0.1) is 11.6 Å². The lowest BCUT2D eigenvalue weighted by atomic mass is 9.90. The summed E-state index contributed by atoms with van der Waals surface area (Å²) in [6.07, 6.45) is 0.909. The van der Waals surface area contributed by atoms with E-state index in [4.69, 9.17) is 4.52 Å². The highest BCUT2D eigenvalue weighted by Gasteiger charge is 2.36. The van der Waals surface area contributed by atoms with E-state index in [-0.39, 0.29) is 23.6 Å². The maximum Gasteiger partial charge on any atom is 0.234 e. The molecule has 4 nitrogen and oxygen atoms in total. The fourth-order valence-corrected chi connectivity index (χ4v) is 2.22. The Morgan fingerprint density at radius 1 is 1.30 bits per heavy atom. The van der Waals surface area contributed by atoms with Gasteiger partial charge >= 0.3 is 0 Å². The van der Waals surface area contributed by atoms with Gasteiger partial charge in [-0.2, -0.15) is 4.98 Å². The van der Waals surface area contributed by atoms with Crippen LogP contribution in [0.4, 0.5) is 8.78 Å². The molecule has 3 rings (SSSR count). The molecule has 2 aromatic rings. The number of hydrogen-bond acceptors (Lipinski definition) is 4. The lowest BCUT2D eigenvalue weighted by molar-refractivity contribution is 0.306. The fourth-order valence-electron chi connectivity index (χ4n) is 2.22. The molecule has 0 bridgehead atoms. The van der Waals surface area contributed by atoms with Crippen LogP contribution in [-0.4, -0.2) is 23.2 Å². The second-order valence-corrected chi connectivity index (χ2v) is 5.04. The first-order valence-corrected chi connectivity index (χ1v) is 6.09. The minimum atomic E-state index is -0.919. The number of nitrogens with one attached hydrogen (secondary N) is 1. The standard InChI is InChI=1S/C13H13F2N3O.ClH/c1-13(4-5-16-7-13)12-17-11(18-19-12)8-2-3-9(14)10(15)6-8;/h2-3,6,16H,4-5,7H2,1H3;1H. The van der Waals surface area contributed by atoms with Gasteiger partial charge in [-0.1, -0.05) is 5.16 Å². The SMILES string of the molecule is CC1(c2nc(-c3ccc(F)c(F)c3)no2)CCNC1.Cl. The van der Waals surface area contributed by atoms with Crippen molar-refractivity contribution < 1.29 is 13.3 Å². The summed E-state index contributed by atoms with van der Waals surface area (Å²) in [6.45, 7) is 3.71. The van der Waals surface area contributed by atoms with Crippen LogP contribution >= 0.6 is 12.4 Å². The van der Waals surface area contributed by atoms with Gasteiger partial charge in [-0.25, -0.2) is 8.78 Å². The summed E-state index contributed by atoms with van der Waals surface area (Å²) in [7, 11) is 0. The Kier molecular flexibility index (Phi) is 4.06. The van der Waals surface area contributed by atoms with Gasteiger partial charge in [0.15, 0.2) is 11.6 Å². The van der Waals surface area contributed by atoms with E-state index in [1.165, 1.54) is 6.07 Å². The van der Waals surface area contributed by atoms with Gasteiger partial charge in [0.2, 0.25) is 11.7 Å². The van der Waals surface area contributed by atoms with Crippen LogP contribution in [-0.2, 0) is 5.41 Å². The zero-order chi connectivity index (χ0) is 13.5. The van der Waals surface area contributed by atoms with Crippen molar-refractivity contribution in [3.63, 3.8) is 0 Å². The van der Waals surface area contributed by atoms with Crippen molar-refractivity contribution in [3.8, 4) is 11.4 Å². The molecule has 1 fully saturated rings. The highest BCUT2D eigenvalue weighted by atomic mass is 35.5. The highest BCUT2D eigenvalue weighted by Crippen LogP contribution is 2.30. The van der Waals surface area contributed by atoms with E-state index >= 15 is 0 Å². The van der Waals surface area contributed by atoms with E-state index in [1.807, 2.05) is 6.92 Å². The normalized spacial score (nSPS) is 21.8. The second-order valence-electron chi connectivity index (χ2n) is 5.04. The molecule has 1 aromatic carbocycles. The number of nitrogens with zero attached hydrogens (tertiary/aromatic N) is 2. The largest absolute Gasteiger partial charge is 0.338 e. The summed E-state index contributed by atoms with van der Waals surface area (Å²) < 4.78 is 31.3. The van der Waals surface area contributed by atoms with E-state index in [9.17, 15) is 8.78 Å². The Morgan fingerprint density at radius 2 is 2.10 bits per heavy atom. The summed E-state index contributed by atoms with van der Waals surface area (Å²) in [5, 5.41) is 7.08. The van der Waals surface area contributed by atoms with Crippen molar-refractivity contribution in [2.75, 3.05) is 13.1 Å². The molecule has 1 N–H and O–H groups in total. The van der Waals surface area contributed by atoms with Gasteiger partial charge in [0.25, 0.3) is 0 Å². The molecule has 0 aliphatic carbocycles. The third kappa shape index (κ3) is 2.53. The number of aromatic nitrogens is 2. The maximum absolute atomic E-state index is 13.2. The predicted molar refractivity (Wildman–Crippen MR) is 71.7 cm³/mol. The molecule has 1 saturated heterocycles. The van der Waals surface area contributed by atoms with Gasteiger partial charge in [-0.05, 0) is 38.1 Å². The Balaban J connectivity index is 0.00000147. The first kappa shape index (κ1) is 14.9. The van der Waals surface area contributed by atoms with Crippen LogP contribution in [0.25, 0.3) is 11.4 Å². The topological polar surface area (TPSA) is 51.0 Å². The van der Waals surface area contributed by atoms with Crippen LogP contribution in [0.15, 0.2) is 22.7 Å². The van der Waals surface area contributed by atoms with Gasteiger partial charge in [-0.3, -0.25) is 0 Å². The smallest absolute Gasteiger partial charge is 0.234 e. The first-order valence-electron chi connectivity index (χ1n) is 6.09. The van der Waals surface area contributed by atoms with Crippen molar-refractivity contribution in [1.82, 2.24) is 15.5 Å². The minimum absolute atomic E-state index is 0. The van der Waals surface area contributed by atoms with Crippen molar-refractivity contribution in [1.29, 1.82) is 0 Å². The van der Waals surface area contributed by atoms with Crippen molar-refractivity contribution >= 4 is 12.4 Å². The van der Waals surface area contributed by atoms with Gasteiger partial charge in [0, 0.05) is 12.1 Å². The average molecular weight is 302 g/mol. The number of rotatable bonds is 2. The summed E-state index contributed by atoms with van der Waals surface area (Å²) >= 11 is 0. The summed E-state index contributed by atoms with van der Waals surface area (Å²) in [5.41, 5.74) is 0.215. The maximum atomic E-state index is 13.2. The van der Waals surface area contributed by atoms with Gasteiger partial charge < -0.3 is 9.84 Å². The van der Waals surface area contributed by atoms with Crippen molar-refractivity contribution in [3.05, 3.63) is 35.7 Å². The number of hydrogen-bond donors (Lipinski definition) is 1. The second kappa shape index (κ2) is 5.46. The molecular formula is C13H14ClF2N3O. The summed E-state index contributed by atoms with van der Waals surface area (Å²) in [5.74, 6) is -1.00. The highest BCUT2D eigenvalue weighted by molar-refractivity contribution is 5.85. The lowest BCUT2D eigenvalue weighted by Gasteiger charge is -2.15. The monoisotopic (exact) mass is 301 g/mol. The predicted octanol–water partition coefficient (Wildman–Crippen LogP) is 2.69. The molecule has 0 saturated carbocycles. The molecule has 108 valence electrons. The quantitative estimate of drug-likeness (QED) is 0.926. The third-order valence-corrected chi connectivity index (χ3v) is 3.49. The minimum Gasteiger partial charge on any atom is -0.338 e. The molecule has 2 heterocycles. The lowest BCUT2D eigenvalue weighted by Crippen LogP contribution is -2.25. The molecule has 0 spiro atoms. The van der Waals surface area contributed by atoms with Crippen LogP contribution in [0.3, 0.4) is 0 Å². The summed E-state index contributed by atoms with van der Waals surface area (Å²) in [4.78, 5) is 4.30. The molecule has 0 radical (unpaired) electrons. The van der Waals surface area contributed by atoms with Crippen LogP contribution in [0.1, 0.15) is 19.2 Å². The Morgan fingerprint density at radius 3 is 2.75 bits per heavy atom. The van der Waals surface area contributed by atoms with E-state index < -0.39 is 11.6 Å². The van der Waals surface area contributed by atoms with Crippen LogP contribution < -0.4 is 5.32 Å². The molecule has 1 aliphatic rings. The molecule has 1 atom stereocenters. The fraction of sp³-hybridized carbons (Fsp3) is 0.385. The Labute approximate surface area is 121 Å². The molecule has 1 aromatic heterocycles. The zero-order valence-electron chi connectivity index (χ0n) is 10.8. The zero-order valence-corrected chi connectivity index (χ0v) is 11.6. The van der Waals surface area contributed by atoms with E-state index in [2.05, 4.69) is 15.5 Å². The Bertz CT molecular complexity index is 611. The molecule has 7 heteroatoms. The van der Waals surface area contributed by atoms with Crippen LogP contribution in [0.2, 0.25) is 0 Å². The van der Waals surface area contributed by atoms with Gasteiger partial charge in [-0.15, -0.1) is 12.4 Å². The molecule has 20 heavy (non-hydrogen) atoms. The van der Waals surface area contributed by atoms with Crippen molar-refractivity contribution in [2.45, 2.75) is 18.8 Å². The number of benzene rings is 1. The Hall–Kier alpha value is -1.53. The summed E-state index contributed by atoms with van der Waals surface area (Å²) in [6, 6.07) is 3.56. The first-order chi connectivity index (χ1) is 9.08. The van der Waals surface area contributed by atoms with Crippen LogP contribution in [0.5, 0.6) is 0 Å². The third-order valence-electron chi connectivity index (χ3n) is 3.49. The van der Waals surface area contributed by atoms with Gasteiger partial charge in [0.05, 0.1) is 5.41 Å². The van der Waals surface area contributed by atoms with E-state index in [0.717, 1.165) is 31.6 Å². The molecule has 0 amide bonds. The molecule has 1 unspecified atom stereocenters. The van der Waals surface area contributed by atoms with E-state index in [1.54, 1.807) is 0 Å².